The number of aromatic nitrogens is 1. The van der Waals surface area contributed by atoms with E-state index in [1.807, 2.05) is 19.2 Å². The molecule has 0 spiro atoms. The molecule has 1 heterocycles. The van der Waals surface area contributed by atoms with Gasteiger partial charge in [0.05, 0.1) is 12.9 Å². The number of ether oxygens (including phenoxy) is 1. The number of hydrogen-bond donors (Lipinski definition) is 1. The highest BCUT2D eigenvalue weighted by molar-refractivity contribution is 5.81. The van der Waals surface area contributed by atoms with Gasteiger partial charge in [0.2, 0.25) is 0 Å². The average molecular weight is 187 g/mol. The number of fused-ring (bicyclic) bond motifs is 1. The molecule has 72 valence electrons. The fraction of sp³-hybridized carbons (Fsp3) is 0.167. The molecule has 1 aromatic heterocycles. The van der Waals surface area contributed by atoms with Crippen LogP contribution < -0.4 is 0 Å². The lowest BCUT2D eigenvalue weighted by Crippen LogP contribution is -1.77. The second kappa shape index (κ2) is 4.01. The number of benzene rings is 1. The Balaban J connectivity index is 2.25. The highest BCUT2D eigenvalue weighted by Gasteiger charge is 1.93. The Labute approximate surface area is 83.2 Å². The summed E-state index contributed by atoms with van der Waals surface area (Å²) in [5, 5.41) is 1.23. The van der Waals surface area contributed by atoms with Crippen LogP contribution in [-0.4, -0.2) is 11.6 Å². The van der Waals surface area contributed by atoms with Crippen LogP contribution in [0.1, 0.15) is 12.5 Å². The molecule has 2 heteroatoms. The van der Waals surface area contributed by atoms with Gasteiger partial charge in [0, 0.05) is 11.7 Å². The topological polar surface area (TPSA) is 25.0 Å². The second-order valence-electron chi connectivity index (χ2n) is 3.08. The van der Waals surface area contributed by atoms with Gasteiger partial charge in [0.1, 0.15) is 0 Å². The van der Waals surface area contributed by atoms with Crippen LogP contribution in [0.2, 0.25) is 0 Å². The molecule has 2 rings (SSSR count). The first-order valence-corrected chi connectivity index (χ1v) is 4.75. The van der Waals surface area contributed by atoms with Crippen molar-refractivity contribution in [3.8, 4) is 0 Å². The molecule has 2 aromatic rings. The molecule has 0 atom stereocenters. The maximum Gasteiger partial charge on any atom is 0.0845 e. The van der Waals surface area contributed by atoms with Crippen LogP contribution in [0.3, 0.4) is 0 Å². The number of rotatable bonds is 3. The molecular weight excluding hydrogens is 174 g/mol. The Morgan fingerprint density at radius 2 is 2.29 bits per heavy atom. The molecule has 0 aliphatic rings. The molecule has 0 fully saturated rings. The molecule has 2 nitrogen and oxygen atoms in total. The van der Waals surface area contributed by atoms with Crippen molar-refractivity contribution in [3.05, 3.63) is 42.3 Å². The van der Waals surface area contributed by atoms with Crippen molar-refractivity contribution in [1.82, 2.24) is 4.98 Å². The normalized spacial score (nSPS) is 11.2. The summed E-state index contributed by atoms with van der Waals surface area (Å²) >= 11 is 0. The SMILES string of the molecule is CCOC=Cc1ccc2[nH]ccc2c1. The molecule has 0 saturated carbocycles. The Kier molecular flexibility index (Phi) is 2.54. The van der Waals surface area contributed by atoms with Gasteiger partial charge in [-0.05, 0) is 42.1 Å². The Morgan fingerprint density at radius 1 is 1.36 bits per heavy atom. The van der Waals surface area contributed by atoms with E-state index in [4.69, 9.17) is 4.74 Å². The van der Waals surface area contributed by atoms with Gasteiger partial charge >= 0.3 is 0 Å². The largest absolute Gasteiger partial charge is 0.501 e. The molecule has 0 amide bonds. The lowest BCUT2D eigenvalue weighted by molar-refractivity contribution is 0.272. The van der Waals surface area contributed by atoms with Gasteiger partial charge in [0.25, 0.3) is 0 Å². The van der Waals surface area contributed by atoms with Crippen molar-refractivity contribution >= 4 is 17.0 Å². The summed E-state index contributed by atoms with van der Waals surface area (Å²) in [5.41, 5.74) is 2.32. The Bertz CT molecular complexity index is 442. The van der Waals surface area contributed by atoms with Crippen LogP contribution in [0.5, 0.6) is 0 Å². The van der Waals surface area contributed by atoms with Gasteiger partial charge in [-0.25, -0.2) is 0 Å². The van der Waals surface area contributed by atoms with E-state index in [1.165, 1.54) is 10.9 Å². The van der Waals surface area contributed by atoms with Crippen molar-refractivity contribution in [2.45, 2.75) is 6.92 Å². The van der Waals surface area contributed by atoms with E-state index < -0.39 is 0 Å². The van der Waals surface area contributed by atoms with Gasteiger partial charge < -0.3 is 9.72 Å². The summed E-state index contributed by atoms with van der Waals surface area (Å²) in [5.74, 6) is 0. The molecule has 14 heavy (non-hydrogen) atoms. The highest BCUT2D eigenvalue weighted by atomic mass is 16.5. The molecule has 0 bridgehead atoms. The van der Waals surface area contributed by atoms with Crippen molar-refractivity contribution < 1.29 is 4.74 Å². The molecule has 1 N–H and O–H groups in total. The lowest BCUT2D eigenvalue weighted by Gasteiger charge is -1.95. The zero-order valence-corrected chi connectivity index (χ0v) is 8.16. The molecule has 0 radical (unpaired) electrons. The van der Waals surface area contributed by atoms with Crippen LogP contribution in [0.25, 0.3) is 17.0 Å². The van der Waals surface area contributed by atoms with Gasteiger partial charge in [0.15, 0.2) is 0 Å². The highest BCUT2D eigenvalue weighted by Crippen LogP contribution is 2.15. The summed E-state index contributed by atoms with van der Waals surface area (Å²) in [7, 11) is 0. The van der Waals surface area contributed by atoms with Gasteiger partial charge in [-0.15, -0.1) is 0 Å². The second-order valence-corrected chi connectivity index (χ2v) is 3.08. The molecule has 0 unspecified atom stereocenters. The number of nitrogens with one attached hydrogen (secondary N) is 1. The van der Waals surface area contributed by atoms with E-state index >= 15 is 0 Å². The lowest BCUT2D eigenvalue weighted by atomic mass is 10.1. The fourth-order valence-corrected chi connectivity index (χ4v) is 1.40. The third-order valence-electron chi connectivity index (χ3n) is 2.10. The van der Waals surface area contributed by atoms with Gasteiger partial charge in [-0.1, -0.05) is 6.07 Å². The van der Waals surface area contributed by atoms with Crippen molar-refractivity contribution in [1.29, 1.82) is 0 Å². The zero-order valence-electron chi connectivity index (χ0n) is 8.16. The number of H-pyrrole nitrogens is 1. The van der Waals surface area contributed by atoms with E-state index in [1.54, 1.807) is 6.26 Å². The predicted molar refractivity (Wildman–Crippen MR) is 59.0 cm³/mol. The first kappa shape index (κ1) is 8.88. The smallest absolute Gasteiger partial charge is 0.0845 e. The minimum Gasteiger partial charge on any atom is -0.501 e. The van der Waals surface area contributed by atoms with Gasteiger partial charge in [-0.2, -0.15) is 0 Å². The van der Waals surface area contributed by atoms with E-state index in [0.29, 0.717) is 6.61 Å². The third-order valence-corrected chi connectivity index (χ3v) is 2.10. The standard InChI is InChI=1S/C12H13NO/c1-2-14-8-6-10-3-4-12-11(9-10)5-7-13-12/h3-9,13H,2H2,1H3. The first-order valence-electron chi connectivity index (χ1n) is 4.75. The van der Waals surface area contributed by atoms with Crippen LogP contribution in [-0.2, 0) is 4.74 Å². The summed E-state index contributed by atoms with van der Waals surface area (Å²) in [6.45, 7) is 2.68. The summed E-state index contributed by atoms with van der Waals surface area (Å²) in [4.78, 5) is 3.16. The van der Waals surface area contributed by atoms with Crippen LogP contribution in [0.4, 0.5) is 0 Å². The monoisotopic (exact) mass is 187 g/mol. The predicted octanol–water partition coefficient (Wildman–Crippen LogP) is 3.18. The first-order chi connectivity index (χ1) is 6.90. The van der Waals surface area contributed by atoms with Crippen molar-refractivity contribution in [2.24, 2.45) is 0 Å². The Hall–Kier alpha value is -1.70. The molecule has 0 saturated heterocycles. The minimum atomic E-state index is 0.711. The van der Waals surface area contributed by atoms with Gasteiger partial charge in [-0.3, -0.25) is 0 Å². The maximum atomic E-state index is 5.14. The van der Waals surface area contributed by atoms with Crippen molar-refractivity contribution in [2.75, 3.05) is 6.61 Å². The van der Waals surface area contributed by atoms with E-state index in [2.05, 4.69) is 29.2 Å². The van der Waals surface area contributed by atoms with E-state index in [9.17, 15) is 0 Å². The van der Waals surface area contributed by atoms with Crippen molar-refractivity contribution in [3.63, 3.8) is 0 Å². The molecular formula is C12H13NO. The van der Waals surface area contributed by atoms with Crippen LogP contribution >= 0.6 is 0 Å². The van der Waals surface area contributed by atoms with Crippen LogP contribution in [0, 0.1) is 0 Å². The maximum absolute atomic E-state index is 5.14. The average Bonchev–Trinajstić information content (AvgIpc) is 2.65. The Morgan fingerprint density at radius 3 is 3.14 bits per heavy atom. The summed E-state index contributed by atoms with van der Waals surface area (Å²) in [6, 6.07) is 8.32. The summed E-state index contributed by atoms with van der Waals surface area (Å²) in [6.07, 6.45) is 5.64. The molecule has 0 aliphatic heterocycles. The zero-order chi connectivity index (χ0) is 9.80. The molecule has 1 aromatic carbocycles. The number of aromatic amines is 1. The van der Waals surface area contributed by atoms with E-state index in [0.717, 1.165) is 5.56 Å². The third kappa shape index (κ3) is 1.79. The van der Waals surface area contributed by atoms with E-state index in [-0.39, 0.29) is 0 Å². The summed E-state index contributed by atoms with van der Waals surface area (Å²) < 4.78 is 5.14. The number of hydrogen-bond acceptors (Lipinski definition) is 1. The molecule has 0 aliphatic carbocycles. The minimum absolute atomic E-state index is 0.711. The van der Waals surface area contributed by atoms with Crippen LogP contribution in [0.15, 0.2) is 36.7 Å². The fourth-order valence-electron chi connectivity index (χ4n) is 1.40. The quantitative estimate of drug-likeness (QED) is 0.733.